The Hall–Kier alpha value is -0.970. The van der Waals surface area contributed by atoms with Crippen LogP contribution in [0.4, 0.5) is 0 Å². The molecular formula is C16H27N3O. The Kier molecular flexibility index (Phi) is 5.52. The van der Waals surface area contributed by atoms with Crippen LogP contribution in [0.15, 0.2) is 18.3 Å². The Morgan fingerprint density at radius 2 is 2.25 bits per heavy atom. The quantitative estimate of drug-likeness (QED) is 0.809. The van der Waals surface area contributed by atoms with Crippen molar-refractivity contribution in [3.8, 4) is 0 Å². The molecule has 1 aliphatic heterocycles. The van der Waals surface area contributed by atoms with Crippen LogP contribution in [0.1, 0.15) is 38.4 Å². The van der Waals surface area contributed by atoms with Crippen LogP contribution in [0.25, 0.3) is 0 Å². The highest BCUT2D eigenvalue weighted by atomic mass is 16.5. The first-order chi connectivity index (χ1) is 9.59. The highest BCUT2D eigenvalue weighted by Crippen LogP contribution is 2.17. The summed E-state index contributed by atoms with van der Waals surface area (Å²) in [5.74, 6) is 0. The molecule has 1 aliphatic rings. The van der Waals surface area contributed by atoms with E-state index in [1.54, 1.807) is 0 Å². The van der Waals surface area contributed by atoms with Gasteiger partial charge in [-0.15, -0.1) is 0 Å². The zero-order valence-electron chi connectivity index (χ0n) is 13.0. The molecule has 0 spiro atoms. The normalized spacial score (nSPS) is 19.1. The van der Waals surface area contributed by atoms with Gasteiger partial charge in [0.05, 0.1) is 17.9 Å². The van der Waals surface area contributed by atoms with E-state index in [2.05, 4.69) is 48.1 Å². The van der Waals surface area contributed by atoms with E-state index in [0.717, 1.165) is 45.0 Å². The largest absolute Gasteiger partial charge is 0.373 e. The van der Waals surface area contributed by atoms with Gasteiger partial charge < -0.3 is 10.1 Å². The van der Waals surface area contributed by atoms with Crippen LogP contribution < -0.4 is 5.32 Å². The third-order valence-corrected chi connectivity index (χ3v) is 3.53. The van der Waals surface area contributed by atoms with E-state index in [4.69, 9.17) is 4.74 Å². The standard InChI is InChI=1S/C16H27N3O/c1-4-7-17-10-14-5-6-15(18-11-14)12-19-8-9-20-16(2,3)13-19/h5-6,11,17H,4,7-10,12-13H2,1-3H3. The van der Waals surface area contributed by atoms with Crippen LogP contribution in [0.3, 0.4) is 0 Å². The molecule has 1 N–H and O–H groups in total. The predicted molar refractivity (Wildman–Crippen MR) is 81.5 cm³/mol. The summed E-state index contributed by atoms with van der Waals surface area (Å²) in [5, 5.41) is 3.40. The van der Waals surface area contributed by atoms with E-state index >= 15 is 0 Å². The molecule has 0 aromatic carbocycles. The number of hydrogen-bond acceptors (Lipinski definition) is 4. The Morgan fingerprint density at radius 1 is 1.40 bits per heavy atom. The summed E-state index contributed by atoms with van der Waals surface area (Å²) in [4.78, 5) is 6.99. The Morgan fingerprint density at radius 3 is 2.90 bits per heavy atom. The van der Waals surface area contributed by atoms with Crippen LogP contribution in [0.5, 0.6) is 0 Å². The third kappa shape index (κ3) is 4.85. The summed E-state index contributed by atoms with van der Waals surface area (Å²) < 4.78 is 5.74. The molecule has 2 rings (SSSR count). The maximum atomic E-state index is 5.74. The second kappa shape index (κ2) is 7.16. The van der Waals surface area contributed by atoms with Crippen LogP contribution in [0, 0.1) is 0 Å². The molecule has 20 heavy (non-hydrogen) atoms. The SMILES string of the molecule is CCCNCc1ccc(CN2CCOC(C)(C)C2)nc1. The zero-order chi connectivity index (χ0) is 14.4. The molecule has 0 amide bonds. The predicted octanol–water partition coefficient (Wildman–Crippen LogP) is 2.19. The van der Waals surface area contributed by atoms with Gasteiger partial charge in [0, 0.05) is 32.4 Å². The van der Waals surface area contributed by atoms with Crippen molar-refractivity contribution in [3.63, 3.8) is 0 Å². The zero-order valence-corrected chi connectivity index (χ0v) is 13.0. The number of nitrogens with one attached hydrogen (secondary N) is 1. The van der Waals surface area contributed by atoms with Gasteiger partial charge >= 0.3 is 0 Å². The molecule has 0 atom stereocenters. The van der Waals surface area contributed by atoms with Gasteiger partial charge in [-0.2, -0.15) is 0 Å². The van der Waals surface area contributed by atoms with E-state index in [9.17, 15) is 0 Å². The number of nitrogens with zero attached hydrogens (tertiary/aromatic N) is 2. The highest BCUT2D eigenvalue weighted by Gasteiger charge is 2.27. The average molecular weight is 277 g/mol. The molecular weight excluding hydrogens is 250 g/mol. The van der Waals surface area contributed by atoms with Crippen molar-refractivity contribution < 1.29 is 4.74 Å². The summed E-state index contributed by atoms with van der Waals surface area (Å²) in [6.07, 6.45) is 3.15. The van der Waals surface area contributed by atoms with E-state index in [0.29, 0.717) is 0 Å². The lowest BCUT2D eigenvalue weighted by Crippen LogP contribution is -2.47. The Labute approximate surface area is 122 Å². The number of ether oxygens (including phenoxy) is 1. The summed E-state index contributed by atoms with van der Waals surface area (Å²) in [6.45, 7) is 12.1. The van der Waals surface area contributed by atoms with Gasteiger partial charge in [-0.25, -0.2) is 0 Å². The maximum absolute atomic E-state index is 5.74. The number of pyridine rings is 1. The van der Waals surface area contributed by atoms with Crippen LogP contribution in [0.2, 0.25) is 0 Å². The van der Waals surface area contributed by atoms with Gasteiger partial charge in [0.25, 0.3) is 0 Å². The monoisotopic (exact) mass is 277 g/mol. The molecule has 2 heterocycles. The van der Waals surface area contributed by atoms with Gasteiger partial charge in [0.2, 0.25) is 0 Å². The molecule has 0 unspecified atom stereocenters. The maximum Gasteiger partial charge on any atom is 0.0753 e. The fourth-order valence-corrected chi connectivity index (χ4v) is 2.54. The van der Waals surface area contributed by atoms with Crippen LogP contribution in [-0.2, 0) is 17.8 Å². The smallest absolute Gasteiger partial charge is 0.0753 e. The lowest BCUT2D eigenvalue weighted by atomic mass is 10.1. The third-order valence-electron chi connectivity index (χ3n) is 3.53. The number of hydrogen-bond donors (Lipinski definition) is 1. The minimum absolute atomic E-state index is 0.0394. The summed E-state index contributed by atoms with van der Waals surface area (Å²) in [6, 6.07) is 4.32. The first kappa shape index (κ1) is 15.4. The second-order valence-corrected chi connectivity index (χ2v) is 6.15. The minimum atomic E-state index is -0.0394. The van der Waals surface area contributed by atoms with Crippen molar-refractivity contribution in [1.29, 1.82) is 0 Å². The van der Waals surface area contributed by atoms with Crippen LogP contribution >= 0.6 is 0 Å². The molecule has 1 fully saturated rings. The molecule has 1 saturated heterocycles. The lowest BCUT2D eigenvalue weighted by molar-refractivity contribution is -0.0885. The van der Waals surface area contributed by atoms with E-state index in [1.807, 2.05) is 6.20 Å². The number of morpholine rings is 1. The Bertz CT molecular complexity index is 403. The number of rotatable bonds is 6. The first-order valence-electron chi connectivity index (χ1n) is 7.60. The molecule has 1 aromatic rings. The van der Waals surface area contributed by atoms with Crippen molar-refractivity contribution in [3.05, 3.63) is 29.6 Å². The van der Waals surface area contributed by atoms with Crippen molar-refractivity contribution >= 4 is 0 Å². The molecule has 0 aliphatic carbocycles. The van der Waals surface area contributed by atoms with E-state index < -0.39 is 0 Å². The fraction of sp³-hybridized carbons (Fsp3) is 0.688. The summed E-state index contributed by atoms with van der Waals surface area (Å²) >= 11 is 0. The van der Waals surface area contributed by atoms with Crippen LogP contribution in [-0.4, -0.2) is 41.7 Å². The molecule has 1 aromatic heterocycles. The van der Waals surface area contributed by atoms with Crippen molar-refractivity contribution in [1.82, 2.24) is 15.2 Å². The molecule has 0 radical (unpaired) electrons. The van der Waals surface area contributed by atoms with Gasteiger partial charge in [-0.3, -0.25) is 9.88 Å². The van der Waals surface area contributed by atoms with Gasteiger partial charge in [0.15, 0.2) is 0 Å². The Balaban J connectivity index is 1.84. The fourth-order valence-electron chi connectivity index (χ4n) is 2.54. The van der Waals surface area contributed by atoms with Gasteiger partial charge in [-0.05, 0) is 38.4 Å². The topological polar surface area (TPSA) is 37.4 Å². The lowest BCUT2D eigenvalue weighted by Gasteiger charge is -2.37. The molecule has 4 nitrogen and oxygen atoms in total. The molecule has 0 saturated carbocycles. The van der Waals surface area contributed by atoms with Crippen molar-refractivity contribution in [2.45, 2.75) is 45.9 Å². The van der Waals surface area contributed by atoms with Crippen molar-refractivity contribution in [2.75, 3.05) is 26.2 Å². The summed E-state index contributed by atoms with van der Waals surface area (Å²) in [7, 11) is 0. The van der Waals surface area contributed by atoms with Crippen molar-refractivity contribution in [2.24, 2.45) is 0 Å². The average Bonchev–Trinajstić information content (AvgIpc) is 2.40. The minimum Gasteiger partial charge on any atom is -0.373 e. The highest BCUT2D eigenvalue weighted by molar-refractivity contribution is 5.14. The van der Waals surface area contributed by atoms with E-state index in [1.165, 1.54) is 12.0 Å². The second-order valence-electron chi connectivity index (χ2n) is 6.15. The van der Waals surface area contributed by atoms with E-state index in [-0.39, 0.29) is 5.60 Å². The first-order valence-corrected chi connectivity index (χ1v) is 7.60. The molecule has 4 heteroatoms. The molecule has 112 valence electrons. The van der Waals surface area contributed by atoms with Gasteiger partial charge in [-0.1, -0.05) is 13.0 Å². The summed E-state index contributed by atoms with van der Waals surface area (Å²) in [5.41, 5.74) is 2.36. The molecule has 0 bridgehead atoms. The van der Waals surface area contributed by atoms with Gasteiger partial charge in [0.1, 0.15) is 0 Å². The number of aromatic nitrogens is 1.